The van der Waals surface area contributed by atoms with Crippen molar-refractivity contribution in [1.82, 2.24) is 4.90 Å². The van der Waals surface area contributed by atoms with Gasteiger partial charge in [-0.15, -0.1) is 0 Å². The smallest absolute Gasteiger partial charge is 0.0249 e. The molecule has 0 spiro atoms. The maximum atomic E-state index is 6.38. The van der Waals surface area contributed by atoms with Crippen molar-refractivity contribution in [2.75, 3.05) is 13.6 Å². The van der Waals surface area contributed by atoms with Crippen molar-refractivity contribution in [3.63, 3.8) is 0 Å². The van der Waals surface area contributed by atoms with E-state index in [0.29, 0.717) is 18.0 Å². The lowest BCUT2D eigenvalue weighted by Crippen LogP contribution is -2.49. The quantitative estimate of drug-likeness (QED) is 0.888. The molecule has 0 bridgehead atoms. The van der Waals surface area contributed by atoms with E-state index in [1.165, 1.54) is 24.8 Å². The highest BCUT2D eigenvalue weighted by atomic mass is 15.1. The van der Waals surface area contributed by atoms with Crippen LogP contribution in [0, 0.1) is 5.92 Å². The van der Waals surface area contributed by atoms with Gasteiger partial charge in [-0.1, -0.05) is 44.2 Å². The minimum atomic E-state index is 0.340. The molecule has 1 aromatic rings. The Morgan fingerprint density at radius 3 is 2.55 bits per heavy atom. The third kappa shape index (κ3) is 4.07. The summed E-state index contributed by atoms with van der Waals surface area (Å²) in [6.45, 7) is 5.75. The average molecular weight is 274 g/mol. The number of rotatable bonds is 5. The monoisotopic (exact) mass is 274 g/mol. The summed E-state index contributed by atoms with van der Waals surface area (Å²) in [6, 6.07) is 11.8. The van der Waals surface area contributed by atoms with Gasteiger partial charge in [0.25, 0.3) is 0 Å². The van der Waals surface area contributed by atoms with E-state index < -0.39 is 0 Å². The van der Waals surface area contributed by atoms with Crippen LogP contribution in [0.1, 0.15) is 51.0 Å². The summed E-state index contributed by atoms with van der Waals surface area (Å²) < 4.78 is 0. The van der Waals surface area contributed by atoms with E-state index in [0.717, 1.165) is 18.9 Å². The van der Waals surface area contributed by atoms with Crippen molar-refractivity contribution in [2.45, 2.75) is 57.5 Å². The summed E-state index contributed by atoms with van der Waals surface area (Å²) in [5.41, 5.74) is 7.87. The highest BCUT2D eigenvalue weighted by Gasteiger charge is 2.31. The first-order valence-electron chi connectivity index (χ1n) is 8.08. The van der Waals surface area contributed by atoms with Crippen LogP contribution in [-0.4, -0.2) is 30.6 Å². The van der Waals surface area contributed by atoms with Crippen molar-refractivity contribution < 1.29 is 0 Å². The molecular formula is C18H30N2. The normalized spacial score (nSPS) is 27.2. The molecule has 0 radical (unpaired) electrons. The van der Waals surface area contributed by atoms with Gasteiger partial charge < -0.3 is 10.6 Å². The first-order valence-corrected chi connectivity index (χ1v) is 8.08. The highest BCUT2D eigenvalue weighted by Crippen LogP contribution is 2.34. The highest BCUT2D eigenvalue weighted by molar-refractivity contribution is 5.20. The van der Waals surface area contributed by atoms with Gasteiger partial charge in [0.05, 0.1) is 0 Å². The van der Waals surface area contributed by atoms with E-state index in [9.17, 15) is 0 Å². The molecule has 0 amide bonds. The summed E-state index contributed by atoms with van der Waals surface area (Å²) in [4.78, 5) is 2.50. The van der Waals surface area contributed by atoms with Crippen LogP contribution in [0.5, 0.6) is 0 Å². The second-order valence-electron chi connectivity index (χ2n) is 6.81. The molecule has 2 heteroatoms. The molecule has 1 fully saturated rings. The molecule has 3 atom stereocenters. The molecule has 0 aromatic heterocycles. The SMILES string of the molecule is CC(C)CCN(C)C1CC(c2ccccc2)CCC1N. The Morgan fingerprint density at radius 1 is 1.20 bits per heavy atom. The molecule has 0 heterocycles. The fourth-order valence-electron chi connectivity index (χ4n) is 3.33. The van der Waals surface area contributed by atoms with E-state index in [2.05, 4.69) is 56.1 Å². The van der Waals surface area contributed by atoms with Gasteiger partial charge in [-0.25, -0.2) is 0 Å². The molecule has 1 aliphatic carbocycles. The van der Waals surface area contributed by atoms with E-state index >= 15 is 0 Å². The second kappa shape index (κ2) is 7.24. The van der Waals surface area contributed by atoms with Crippen LogP contribution < -0.4 is 5.73 Å². The molecule has 0 saturated heterocycles. The van der Waals surface area contributed by atoms with Crippen LogP contribution in [0.25, 0.3) is 0 Å². The van der Waals surface area contributed by atoms with Crippen LogP contribution >= 0.6 is 0 Å². The maximum absolute atomic E-state index is 6.38. The molecule has 1 saturated carbocycles. The Balaban J connectivity index is 1.97. The van der Waals surface area contributed by atoms with Crippen molar-refractivity contribution in [3.8, 4) is 0 Å². The van der Waals surface area contributed by atoms with E-state index in [1.807, 2.05) is 0 Å². The van der Waals surface area contributed by atoms with Crippen LogP contribution in [-0.2, 0) is 0 Å². The number of likely N-dealkylation sites (N-methyl/N-ethyl adjacent to an activating group) is 1. The van der Waals surface area contributed by atoms with E-state index in [4.69, 9.17) is 5.73 Å². The molecule has 3 unspecified atom stereocenters. The van der Waals surface area contributed by atoms with Gasteiger partial charge in [-0.2, -0.15) is 0 Å². The number of benzene rings is 1. The molecule has 1 aliphatic rings. The zero-order valence-corrected chi connectivity index (χ0v) is 13.3. The predicted octanol–water partition coefficient (Wildman–Crippen LogP) is 3.63. The fourth-order valence-corrected chi connectivity index (χ4v) is 3.33. The van der Waals surface area contributed by atoms with Crippen molar-refractivity contribution in [1.29, 1.82) is 0 Å². The van der Waals surface area contributed by atoms with Gasteiger partial charge >= 0.3 is 0 Å². The fraction of sp³-hybridized carbons (Fsp3) is 0.667. The largest absolute Gasteiger partial charge is 0.326 e. The molecule has 112 valence electrons. The third-order valence-corrected chi connectivity index (χ3v) is 4.76. The van der Waals surface area contributed by atoms with Crippen molar-refractivity contribution >= 4 is 0 Å². The molecule has 2 rings (SSSR count). The zero-order valence-electron chi connectivity index (χ0n) is 13.3. The Kier molecular flexibility index (Phi) is 5.62. The number of nitrogens with two attached hydrogens (primary N) is 1. The minimum absolute atomic E-state index is 0.340. The molecule has 2 N–H and O–H groups in total. The standard InChI is InChI=1S/C18H30N2/c1-14(2)11-12-20(3)18-13-16(9-10-17(18)19)15-7-5-4-6-8-15/h4-8,14,16-18H,9-13,19H2,1-3H3. The van der Waals surface area contributed by atoms with Gasteiger partial charge in [0, 0.05) is 12.1 Å². The molecule has 1 aromatic carbocycles. The average Bonchev–Trinajstić information content (AvgIpc) is 2.46. The summed E-state index contributed by atoms with van der Waals surface area (Å²) in [7, 11) is 2.25. The van der Waals surface area contributed by atoms with E-state index in [-0.39, 0.29) is 0 Å². The second-order valence-corrected chi connectivity index (χ2v) is 6.81. The Morgan fingerprint density at radius 2 is 1.90 bits per heavy atom. The number of hydrogen-bond acceptors (Lipinski definition) is 2. The Bertz CT molecular complexity index is 388. The molecule has 20 heavy (non-hydrogen) atoms. The van der Waals surface area contributed by atoms with Crippen LogP contribution in [0.4, 0.5) is 0 Å². The van der Waals surface area contributed by atoms with E-state index in [1.54, 1.807) is 0 Å². The van der Waals surface area contributed by atoms with Gasteiger partial charge in [0.15, 0.2) is 0 Å². The predicted molar refractivity (Wildman–Crippen MR) is 86.9 cm³/mol. The lowest BCUT2D eigenvalue weighted by atomic mass is 9.78. The number of nitrogens with zero attached hydrogens (tertiary/aromatic N) is 1. The minimum Gasteiger partial charge on any atom is -0.326 e. The van der Waals surface area contributed by atoms with Gasteiger partial charge in [0.1, 0.15) is 0 Å². The van der Waals surface area contributed by atoms with Crippen LogP contribution in [0.3, 0.4) is 0 Å². The zero-order chi connectivity index (χ0) is 14.5. The topological polar surface area (TPSA) is 29.3 Å². The summed E-state index contributed by atoms with van der Waals surface area (Å²) in [5.74, 6) is 1.45. The first-order chi connectivity index (χ1) is 9.58. The first kappa shape index (κ1) is 15.5. The lowest BCUT2D eigenvalue weighted by Gasteiger charge is -2.40. The van der Waals surface area contributed by atoms with Gasteiger partial charge in [0.2, 0.25) is 0 Å². The van der Waals surface area contributed by atoms with Gasteiger partial charge in [-0.05, 0) is 56.7 Å². The molecule has 2 nitrogen and oxygen atoms in total. The molecular weight excluding hydrogens is 244 g/mol. The lowest BCUT2D eigenvalue weighted by molar-refractivity contribution is 0.151. The summed E-state index contributed by atoms with van der Waals surface area (Å²) in [5, 5.41) is 0. The molecule has 0 aliphatic heterocycles. The number of hydrogen-bond donors (Lipinski definition) is 1. The van der Waals surface area contributed by atoms with Crippen molar-refractivity contribution in [2.24, 2.45) is 11.7 Å². The maximum Gasteiger partial charge on any atom is 0.0249 e. The van der Waals surface area contributed by atoms with Crippen LogP contribution in [0.2, 0.25) is 0 Å². The van der Waals surface area contributed by atoms with Crippen LogP contribution in [0.15, 0.2) is 30.3 Å². The Labute approximate surface area is 124 Å². The van der Waals surface area contributed by atoms with Crippen molar-refractivity contribution in [3.05, 3.63) is 35.9 Å². The third-order valence-electron chi connectivity index (χ3n) is 4.76. The summed E-state index contributed by atoms with van der Waals surface area (Å²) in [6.07, 6.45) is 4.85. The summed E-state index contributed by atoms with van der Waals surface area (Å²) >= 11 is 0. The Hall–Kier alpha value is -0.860. The van der Waals surface area contributed by atoms with Gasteiger partial charge in [-0.3, -0.25) is 0 Å².